The fourth-order valence-electron chi connectivity index (χ4n) is 4.19. The molecule has 2 atom stereocenters. The molecule has 1 saturated heterocycles. The molecule has 0 saturated carbocycles. The summed E-state index contributed by atoms with van der Waals surface area (Å²) in [6, 6.07) is 2.05. The van der Waals surface area contributed by atoms with Gasteiger partial charge in [0.1, 0.15) is 16.1 Å². The number of carbonyl (C=O) groups excluding carboxylic acids is 1. The van der Waals surface area contributed by atoms with E-state index < -0.39 is 0 Å². The van der Waals surface area contributed by atoms with Crippen LogP contribution in [0.4, 0.5) is 0 Å². The summed E-state index contributed by atoms with van der Waals surface area (Å²) in [6.07, 6.45) is 5.17. The van der Waals surface area contributed by atoms with E-state index in [0.717, 1.165) is 53.8 Å². The van der Waals surface area contributed by atoms with Crippen molar-refractivity contribution in [3.05, 3.63) is 34.0 Å². The van der Waals surface area contributed by atoms with Crippen LogP contribution in [0.25, 0.3) is 20.4 Å². The van der Waals surface area contributed by atoms with Crippen LogP contribution in [0.2, 0.25) is 0 Å². The number of ether oxygens (including phenoxy) is 2. The van der Waals surface area contributed by atoms with Crippen molar-refractivity contribution in [2.75, 3.05) is 13.2 Å². The van der Waals surface area contributed by atoms with Gasteiger partial charge in [0.2, 0.25) is 5.91 Å². The van der Waals surface area contributed by atoms with Gasteiger partial charge in [-0.15, -0.1) is 11.3 Å². The van der Waals surface area contributed by atoms with Gasteiger partial charge in [-0.3, -0.25) is 14.2 Å². The van der Waals surface area contributed by atoms with Gasteiger partial charge in [0.15, 0.2) is 0 Å². The van der Waals surface area contributed by atoms with E-state index in [-0.39, 0.29) is 29.7 Å². The molecule has 0 aliphatic carbocycles. The maximum absolute atomic E-state index is 13.0. The van der Waals surface area contributed by atoms with Crippen LogP contribution in [0.1, 0.15) is 44.4 Å². The highest BCUT2D eigenvalue weighted by Crippen LogP contribution is 2.35. The summed E-state index contributed by atoms with van der Waals surface area (Å²) in [7, 11) is 0. The molecule has 1 fully saturated rings. The Bertz CT molecular complexity index is 1210. The third-order valence-electron chi connectivity index (χ3n) is 6.34. The molecular weight excluding hydrogens is 416 g/mol. The van der Waals surface area contributed by atoms with Gasteiger partial charge in [0.05, 0.1) is 35.8 Å². The largest absolute Gasteiger partial charge is 0.376 e. The molecule has 1 N–H and O–H groups in total. The average molecular weight is 443 g/mol. The highest BCUT2D eigenvalue weighted by Gasteiger charge is 2.31. The Morgan fingerprint density at radius 2 is 2.32 bits per heavy atom. The molecule has 9 heteroatoms. The monoisotopic (exact) mass is 442 g/mol. The van der Waals surface area contributed by atoms with Crippen LogP contribution in [-0.4, -0.2) is 45.3 Å². The first kappa shape index (κ1) is 20.5. The van der Waals surface area contributed by atoms with E-state index in [1.54, 1.807) is 0 Å². The van der Waals surface area contributed by atoms with Crippen molar-refractivity contribution in [3.8, 4) is 0 Å². The number of rotatable bonds is 5. The van der Waals surface area contributed by atoms with Gasteiger partial charge < -0.3 is 14.8 Å². The van der Waals surface area contributed by atoms with Crippen LogP contribution in [0.15, 0.2) is 17.2 Å². The topological polar surface area (TPSA) is 95.3 Å². The highest BCUT2D eigenvalue weighted by molar-refractivity contribution is 7.25. The second-order valence-corrected chi connectivity index (χ2v) is 9.61. The molecule has 0 spiro atoms. The number of thiophene rings is 1. The van der Waals surface area contributed by atoms with Crippen LogP contribution in [-0.2, 0) is 33.8 Å². The van der Waals surface area contributed by atoms with E-state index in [2.05, 4.69) is 30.2 Å². The van der Waals surface area contributed by atoms with Crippen molar-refractivity contribution in [1.82, 2.24) is 19.9 Å². The quantitative estimate of drug-likeness (QED) is 0.653. The lowest BCUT2D eigenvalue weighted by Crippen LogP contribution is -2.36. The molecule has 164 valence electrons. The molecule has 5 heterocycles. The molecule has 2 aliphatic heterocycles. The molecule has 8 nitrogen and oxygen atoms in total. The predicted molar refractivity (Wildman–Crippen MR) is 118 cm³/mol. The van der Waals surface area contributed by atoms with Crippen molar-refractivity contribution in [2.45, 2.75) is 64.4 Å². The molecule has 31 heavy (non-hydrogen) atoms. The average Bonchev–Trinajstić information content (AvgIpc) is 3.41. The lowest BCUT2D eigenvalue weighted by molar-refractivity contribution is -0.122. The van der Waals surface area contributed by atoms with Gasteiger partial charge in [-0.25, -0.2) is 9.97 Å². The first-order chi connectivity index (χ1) is 15.0. The number of amides is 1. The second kappa shape index (κ2) is 7.96. The SMILES string of the molecule is CC[C@@]1(C)Cc2nc3sc4c(=O)n(CC(=O)NC[C@@H]5CCCO5)cnc4c3cc2CO1. The van der Waals surface area contributed by atoms with E-state index >= 15 is 0 Å². The first-order valence-corrected chi connectivity index (χ1v) is 11.6. The van der Waals surface area contributed by atoms with Crippen LogP contribution < -0.4 is 10.9 Å². The number of nitrogens with one attached hydrogen (secondary N) is 1. The van der Waals surface area contributed by atoms with E-state index in [1.807, 2.05) is 0 Å². The molecule has 3 aromatic rings. The van der Waals surface area contributed by atoms with Crippen LogP contribution in [0.5, 0.6) is 0 Å². The summed E-state index contributed by atoms with van der Waals surface area (Å²) in [5, 5.41) is 3.72. The smallest absolute Gasteiger partial charge is 0.271 e. The highest BCUT2D eigenvalue weighted by atomic mass is 32.1. The molecule has 1 amide bonds. The Hall–Kier alpha value is -2.36. The minimum Gasteiger partial charge on any atom is -0.376 e. The molecule has 0 radical (unpaired) electrons. The summed E-state index contributed by atoms with van der Waals surface area (Å²) >= 11 is 1.34. The zero-order chi connectivity index (χ0) is 21.6. The van der Waals surface area contributed by atoms with Crippen LogP contribution in [0.3, 0.4) is 0 Å². The van der Waals surface area contributed by atoms with Crippen molar-refractivity contribution < 1.29 is 14.3 Å². The summed E-state index contributed by atoms with van der Waals surface area (Å²) in [4.78, 5) is 35.5. The fraction of sp³-hybridized carbons (Fsp3) is 0.545. The van der Waals surface area contributed by atoms with Gasteiger partial charge in [-0.05, 0) is 32.3 Å². The molecule has 0 bridgehead atoms. The number of hydrogen-bond acceptors (Lipinski definition) is 7. The molecule has 0 aromatic carbocycles. The van der Waals surface area contributed by atoms with E-state index in [0.29, 0.717) is 23.4 Å². The molecule has 0 unspecified atom stereocenters. The van der Waals surface area contributed by atoms with Gasteiger partial charge in [-0.1, -0.05) is 6.92 Å². The number of fused-ring (bicyclic) bond motifs is 4. The third-order valence-corrected chi connectivity index (χ3v) is 7.41. The first-order valence-electron chi connectivity index (χ1n) is 10.8. The maximum Gasteiger partial charge on any atom is 0.271 e. The Labute approximate surface area is 183 Å². The normalized spacial score (nSPS) is 23.4. The maximum atomic E-state index is 13.0. The van der Waals surface area contributed by atoms with Crippen LogP contribution >= 0.6 is 11.3 Å². The van der Waals surface area contributed by atoms with E-state index in [9.17, 15) is 9.59 Å². The van der Waals surface area contributed by atoms with E-state index in [1.165, 1.54) is 22.2 Å². The van der Waals surface area contributed by atoms with Crippen molar-refractivity contribution in [2.24, 2.45) is 0 Å². The number of carbonyl (C=O) groups is 1. The summed E-state index contributed by atoms with van der Waals surface area (Å²) in [5.74, 6) is -0.218. The van der Waals surface area contributed by atoms with Gasteiger partial charge in [0, 0.05) is 30.5 Å². The lowest BCUT2D eigenvalue weighted by Gasteiger charge is -2.33. The Morgan fingerprint density at radius 3 is 3.10 bits per heavy atom. The number of pyridine rings is 1. The number of nitrogens with zero attached hydrogens (tertiary/aromatic N) is 3. The van der Waals surface area contributed by atoms with Crippen molar-refractivity contribution >= 4 is 37.7 Å². The Morgan fingerprint density at radius 1 is 1.45 bits per heavy atom. The van der Waals surface area contributed by atoms with Crippen LogP contribution in [0, 0.1) is 0 Å². The zero-order valence-corrected chi connectivity index (χ0v) is 18.6. The number of hydrogen-bond donors (Lipinski definition) is 1. The second-order valence-electron chi connectivity index (χ2n) is 8.61. The molecule has 3 aromatic heterocycles. The Balaban J connectivity index is 1.42. The third kappa shape index (κ3) is 3.86. The van der Waals surface area contributed by atoms with Gasteiger partial charge >= 0.3 is 0 Å². The predicted octanol–water partition coefficient (Wildman–Crippen LogP) is 2.54. The van der Waals surface area contributed by atoms with Gasteiger partial charge in [0.25, 0.3) is 5.56 Å². The lowest BCUT2D eigenvalue weighted by atomic mass is 9.91. The Kier molecular flexibility index (Phi) is 5.27. The summed E-state index contributed by atoms with van der Waals surface area (Å²) in [5.41, 5.74) is 2.31. The molecule has 5 rings (SSSR count). The summed E-state index contributed by atoms with van der Waals surface area (Å²) in [6.45, 7) is 5.90. The van der Waals surface area contributed by atoms with E-state index in [4.69, 9.17) is 14.5 Å². The fourth-order valence-corrected chi connectivity index (χ4v) is 5.27. The molecule has 2 aliphatic rings. The van der Waals surface area contributed by atoms with Crippen molar-refractivity contribution in [1.29, 1.82) is 0 Å². The minimum atomic E-state index is -0.218. The zero-order valence-electron chi connectivity index (χ0n) is 17.8. The number of aromatic nitrogens is 3. The van der Waals surface area contributed by atoms with Gasteiger partial charge in [-0.2, -0.15) is 0 Å². The summed E-state index contributed by atoms with van der Waals surface area (Å²) < 4.78 is 13.5. The van der Waals surface area contributed by atoms with Crippen molar-refractivity contribution in [3.63, 3.8) is 0 Å². The standard InChI is InChI=1S/C22H26N4O4S/c1-3-22(2)8-16-13(11-30-22)7-15-18-19(31-20(15)25-16)21(28)26(12-24-18)10-17(27)23-9-14-5-4-6-29-14/h7,12,14H,3-6,8-11H2,1-2H3,(H,23,27)/t14-,22-/m0/s1. The minimum absolute atomic E-state index is 0.0602. The molecular formula is C22H26N4O4S.